The summed E-state index contributed by atoms with van der Waals surface area (Å²) in [6.07, 6.45) is 16.2. The van der Waals surface area contributed by atoms with Crippen molar-refractivity contribution in [2.45, 2.75) is 32.6 Å². The molecule has 7 heteroatoms. The third kappa shape index (κ3) is 5.31. The number of aromatic nitrogens is 6. The Hall–Kier alpha value is -4.36. The van der Waals surface area contributed by atoms with E-state index in [2.05, 4.69) is 60.9 Å². The van der Waals surface area contributed by atoms with Crippen LogP contribution in [0.1, 0.15) is 41.8 Å². The summed E-state index contributed by atoms with van der Waals surface area (Å²) in [5.74, 6) is 0.726. The van der Waals surface area contributed by atoms with E-state index in [4.69, 9.17) is 4.98 Å². The molecule has 7 nitrogen and oxygen atoms in total. The minimum Gasteiger partial charge on any atom is -0.340 e. The average Bonchev–Trinajstić information content (AvgIpc) is 3.72. The Morgan fingerprint density at radius 1 is 1.03 bits per heavy atom. The Labute approximate surface area is 228 Å². The number of nitrogens with one attached hydrogen (secondary N) is 2. The Kier molecular flexibility index (Phi) is 7.15. The fourth-order valence-electron chi connectivity index (χ4n) is 5.47. The smallest absolute Gasteiger partial charge is 0.159 e. The predicted molar refractivity (Wildman–Crippen MR) is 157 cm³/mol. The second kappa shape index (κ2) is 11.2. The second-order valence-corrected chi connectivity index (χ2v) is 10.2. The van der Waals surface area contributed by atoms with Crippen LogP contribution in [0, 0.1) is 6.92 Å². The van der Waals surface area contributed by atoms with E-state index in [-0.39, 0.29) is 0 Å². The van der Waals surface area contributed by atoms with Crippen LogP contribution in [0.2, 0.25) is 0 Å². The number of benzene rings is 1. The molecule has 0 unspecified atom stereocenters. The number of rotatable bonds is 9. The summed E-state index contributed by atoms with van der Waals surface area (Å²) in [5, 5.41) is 8.84. The van der Waals surface area contributed by atoms with Crippen LogP contribution < -0.4 is 0 Å². The van der Waals surface area contributed by atoms with E-state index in [1.807, 2.05) is 37.5 Å². The molecule has 5 aromatic rings. The van der Waals surface area contributed by atoms with Crippen LogP contribution in [0.4, 0.5) is 0 Å². The van der Waals surface area contributed by atoms with Crippen molar-refractivity contribution in [1.29, 1.82) is 0 Å². The Morgan fingerprint density at radius 2 is 1.87 bits per heavy atom. The maximum atomic E-state index is 4.99. The molecule has 1 aliphatic heterocycles. The zero-order valence-electron chi connectivity index (χ0n) is 22.3. The first-order valence-corrected chi connectivity index (χ1v) is 13.6. The highest BCUT2D eigenvalue weighted by Gasteiger charge is 2.18. The molecule has 0 aliphatic carbocycles. The van der Waals surface area contributed by atoms with Gasteiger partial charge in [-0.2, -0.15) is 5.10 Å². The predicted octanol–water partition coefficient (Wildman–Crippen LogP) is 6.36. The molecule has 0 amide bonds. The Balaban J connectivity index is 1.29. The zero-order chi connectivity index (χ0) is 26.6. The molecule has 4 aromatic heterocycles. The molecule has 1 fully saturated rings. The molecular formula is C32H33N7. The first kappa shape index (κ1) is 24.9. The highest BCUT2D eigenvalue weighted by Crippen LogP contribution is 2.32. The quantitative estimate of drug-likeness (QED) is 0.223. The SMILES string of the molecule is C=C/C=C(/c1ccncc1)c1nc(-c2n[nH]c3ccc(-c4cncc(CCCN5CCCC5)c4)cc23)[nH]c1C. The molecule has 6 rings (SSSR count). The van der Waals surface area contributed by atoms with Gasteiger partial charge in [0.2, 0.25) is 0 Å². The Morgan fingerprint density at radius 3 is 2.69 bits per heavy atom. The van der Waals surface area contributed by atoms with E-state index in [9.17, 15) is 0 Å². The fourth-order valence-corrected chi connectivity index (χ4v) is 5.47. The van der Waals surface area contributed by atoms with E-state index in [0.717, 1.165) is 68.9 Å². The third-order valence-electron chi connectivity index (χ3n) is 7.47. The van der Waals surface area contributed by atoms with E-state index in [0.29, 0.717) is 0 Å². The van der Waals surface area contributed by atoms with Crippen molar-refractivity contribution in [3.63, 3.8) is 0 Å². The number of allylic oxidation sites excluding steroid dienone is 2. The maximum absolute atomic E-state index is 4.99. The van der Waals surface area contributed by atoms with Crippen LogP contribution in [0.25, 0.3) is 39.1 Å². The molecule has 0 spiro atoms. The maximum Gasteiger partial charge on any atom is 0.159 e. The van der Waals surface area contributed by atoms with Crippen LogP contribution in [0.15, 0.2) is 79.9 Å². The molecule has 1 aromatic carbocycles. The number of hydrogen-bond donors (Lipinski definition) is 2. The van der Waals surface area contributed by atoms with E-state index < -0.39 is 0 Å². The van der Waals surface area contributed by atoms with Gasteiger partial charge in [-0.15, -0.1) is 0 Å². The summed E-state index contributed by atoms with van der Waals surface area (Å²) in [6, 6.07) is 12.6. The average molecular weight is 516 g/mol. The number of likely N-dealkylation sites (tertiary alicyclic amines) is 1. The van der Waals surface area contributed by atoms with Crippen molar-refractivity contribution in [2.75, 3.05) is 19.6 Å². The number of imidazole rings is 1. The normalized spacial score (nSPS) is 14.3. The molecule has 39 heavy (non-hydrogen) atoms. The summed E-state index contributed by atoms with van der Waals surface area (Å²) in [5.41, 5.74) is 9.14. The lowest BCUT2D eigenvalue weighted by Gasteiger charge is -2.14. The number of H-pyrrole nitrogens is 2. The number of fused-ring (bicyclic) bond motifs is 1. The van der Waals surface area contributed by atoms with Gasteiger partial charge in [-0.25, -0.2) is 4.98 Å². The summed E-state index contributed by atoms with van der Waals surface area (Å²) in [4.78, 5) is 19.7. The number of hydrogen-bond acceptors (Lipinski definition) is 5. The van der Waals surface area contributed by atoms with Crippen molar-refractivity contribution in [2.24, 2.45) is 0 Å². The lowest BCUT2D eigenvalue weighted by molar-refractivity contribution is 0.334. The molecule has 1 saturated heterocycles. The van der Waals surface area contributed by atoms with Gasteiger partial charge in [-0.05, 0) is 99.3 Å². The van der Waals surface area contributed by atoms with Gasteiger partial charge >= 0.3 is 0 Å². The highest BCUT2D eigenvalue weighted by molar-refractivity contribution is 5.94. The van der Waals surface area contributed by atoms with Crippen LogP contribution in [-0.2, 0) is 6.42 Å². The summed E-state index contributed by atoms with van der Waals surface area (Å²) in [7, 11) is 0. The summed E-state index contributed by atoms with van der Waals surface area (Å²) >= 11 is 0. The molecule has 0 bridgehead atoms. The van der Waals surface area contributed by atoms with Crippen LogP contribution in [0.5, 0.6) is 0 Å². The van der Waals surface area contributed by atoms with Crippen molar-refractivity contribution in [1.82, 2.24) is 35.0 Å². The number of pyridine rings is 2. The number of nitrogens with zero attached hydrogens (tertiary/aromatic N) is 5. The molecule has 196 valence electrons. The molecule has 1 aliphatic rings. The van der Waals surface area contributed by atoms with E-state index in [1.165, 1.54) is 38.0 Å². The van der Waals surface area contributed by atoms with Gasteiger partial charge in [0.05, 0.1) is 11.2 Å². The Bertz CT molecular complexity index is 1620. The zero-order valence-corrected chi connectivity index (χ0v) is 22.3. The minimum atomic E-state index is 0.726. The lowest BCUT2D eigenvalue weighted by Crippen LogP contribution is -2.20. The van der Waals surface area contributed by atoms with Crippen LogP contribution in [0.3, 0.4) is 0 Å². The lowest BCUT2D eigenvalue weighted by atomic mass is 10.0. The van der Waals surface area contributed by atoms with Crippen molar-refractivity contribution in [3.05, 3.63) is 102 Å². The first-order valence-electron chi connectivity index (χ1n) is 13.6. The highest BCUT2D eigenvalue weighted by atomic mass is 15.1. The third-order valence-corrected chi connectivity index (χ3v) is 7.47. The van der Waals surface area contributed by atoms with Crippen LogP contribution in [-0.4, -0.2) is 54.7 Å². The van der Waals surface area contributed by atoms with Gasteiger partial charge in [0, 0.05) is 47.0 Å². The second-order valence-electron chi connectivity index (χ2n) is 10.2. The fraction of sp³-hybridized carbons (Fsp3) is 0.250. The van der Waals surface area contributed by atoms with Crippen LogP contribution >= 0.6 is 0 Å². The molecule has 0 radical (unpaired) electrons. The standard InChI is InChI=1S/C32H33N7/c1-3-7-27(24-11-13-33-14-12-24)30-22(2)35-32(36-30)31-28-19-25(9-10-29(28)37-38-31)26-18-23(20-34-21-26)8-6-17-39-15-4-5-16-39/h3,7,9-14,18-21H,1,4-6,8,15-17H2,2H3,(H,35,36)(H,37,38)/b27-7-. The molecule has 2 N–H and O–H groups in total. The van der Waals surface area contributed by atoms with Gasteiger partial charge in [0.15, 0.2) is 5.82 Å². The first-order chi connectivity index (χ1) is 19.2. The number of aromatic amines is 2. The van der Waals surface area contributed by atoms with Crippen molar-refractivity contribution < 1.29 is 0 Å². The van der Waals surface area contributed by atoms with E-state index >= 15 is 0 Å². The topological polar surface area (TPSA) is 86.4 Å². The van der Waals surface area contributed by atoms with Crippen molar-refractivity contribution in [3.8, 4) is 22.6 Å². The number of aryl methyl sites for hydroxylation is 2. The van der Waals surface area contributed by atoms with Gasteiger partial charge < -0.3 is 9.88 Å². The van der Waals surface area contributed by atoms with Crippen molar-refractivity contribution >= 4 is 16.5 Å². The van der Waals surface area contributed by atoms with Gasteiger partial charge in [-0.3, -0.25) is 15.1 Å². The molecule has 0 atom stereocenters. The van der Waals surface area contributed by atoms with Gasteiger partial charge in [-0.1, -0.05) is 24.8 Å². The summed E-state index contributed by atoms with van der Waals surface area (Å²) < 4.78 is 0. The molecule has 5 heterocycles. The molecular weight excluding hydrogens is 482 g/mol. The minimum absolute atomic E-state index is 0.726. The van der Waals surface area contributed by atoms with E-state index in [1.54, 1.807) is 18.5 Å². The van der Waals surface area contributed by atoms with Gasteiger partial charge in [0.1, 0.15) is 5.69 Å². The van der Waals surface area contributed by atoms with Gasteiger partial charge in [0.25, 0.3) is 0 Å². The summed E-state index contributed by atoms with van der Waals surface area (Å²) in [6.45, 7) is 9.60. The monoisotopic (exact) mass is 515 g/mol. The molecule has 0 saturated carbocycles. The largest absolute Gasteiger partial charge is 0.340 e.